The third-order valence-electron chi connectivity index (χ3n) is 6.39. The first kappa shape index (κ1) is 24.5. The Kier molecular flexibility index (Phi) is 6.43. The van der Waals surface area contributed by atoms with E-state index in [-0.39, 0.29) is 22.9 Å². The minimum atomic E-state index is -4.36. The Balaban J connectivity index is 1.66. The zero-order chi connectivity index (χ0) is 26.2. The second-order valence-corrected chi connectivity index (χ2v) is 10.4. The summed E-state index contributed by atoms with van der Waals surface area (Å²) >= 11 is 0. The van der Waals surface area contributed by atoms with Crippen LogP contribution in [0.2, 0.25) is 0 Å². The number of rotatable bonds is 8. The molecule has 0 unspecified atom stereocenters. The van der Waals surface area contributed by atoms with Crippen LogP contribution < -0.4 is 13.9 Å². The van der Waals surface area contributed by atoms with Crippen molar-refractivity contribution in [2.45, 2.75) is 25.2 Å². The maximum absolute atomic E-state index is 14.2. The molecule has 2 amide bonds. The van der Waals surface area contributed by atoms with Gasteiger partial charge in [-0.25, -0.2) is 12.7 Å². The quantitative estimate of drug-likeness (QED) is 0.323. The number of amides is 2. The zero-order valence-corrected chi connectivity index (χ0v) is 21.4. The summed E-state index contributed by atoms with van der Waals surface area (Å²) in [5.41, 5.74) is 2.03. The number of carbonyl (C=O) groups excluding carboxylic acids is 2. The van der Waals surface area contributed by atoms with E-state index in [9.17, 15) is 18.0 Å². The number of benzene rings is 4. The van der Waals surface area contributed by atoms with Gasteiger partial charge in [0.1, 0.15) is 5.75 Å². The molecule has 4 aromatic rings. The molecule has 1 aliphatic heterocycles. The van der Waals surface area contributed by atoms with Crippen molar-refractivity contribution < 1.29 is 22.7 Å². The molecule has 5 rings (SSSR count). The lowest BCUT2D eigenvalue weighted by Gasteiger charge is -2.24. The number of hydrogen-bond donors (Lipinski definition) is 0. The minimum absolute atomic E-state index is 0.0332. The molecule has 7 nitrogen and oxygen atoms in total. The predicted octanol–water partition coefficient (Wildman–Crippen LogP) is 5.18. The molecule has 0 fully saturated rings. The van der Waals surface area contributed by atoms with E-state index in [2.05, 4.69) is 0 Å². The number of sulfonamides is 1. The van der Waals surface area contributed by atoms with Gasteiger partial charge in [-0.2, -0.15) is 0 Å². The van der Waals surface area contributed by atoms with Gasteiger partial charge < -0.3 is 9.64 Å². The van der Waals surface area contributed by atoms with Crippen LogP contribution in [0.25, 0.3) is 10.8 Å². The van der Waals surface area contributed by atoms with Gasteiger partial charge in [0.15, 0.2) is 0 Å². The lowest BCUT2D eigenvalue weighted by atomic mass is 10.1. The molecule has 0 radical (unpaired) electrons. The Morgan fingerprint density at radius 3 is 2.30 bits per heavy atom. The molecule has 0 atom stereocenters. The molecule has 1 heterocycles. The van der Waals surface area contributed by atoms with Crippen LogP contribution in [0.1, 0.15) is 29.8 Å². The molecular formula is C29H26N2O5S. The fraction of sp³-hybridized carbons (Fsp3) is 0.172. The van der Waals surface area contributed by atoms with Gasteiger partial charge in [-0.3, -0.25) is 9.59 Å². The van der Waals surface area contributed by atoms with Crippen molar-refractivity contribution in [3.05, 3.63) is 96.1 Å². The molecule has 0 aliphatic carbocycles. The Hall–Kier alpha value is -4.17. The van der Waals surface area contributed by atoms with Crippen LogP contribution in [-0.2, 0) is 21.2 Å². The van der Waals surface area contributed by atoms with Crippen LogP contribution in [-0.4, -0.2) is 33.4 Å². The van der Waals surface area contributed by atoms with Crippen molar-refractivity contribution in [2.24, 2.45) is 0 Å². The first-order chi connectivity index (χ1) is 17.9. The van der Waals surface area contributed by atoms with Crippen LogP contribution in [0.3, 0.4) is 0 Å². The van der Waals surface area contributed by atoms with E-state index in [0.29, 0.717) is 46.5 Å². The third-order valence-corrected chi connectivity index (χ3v) is 8.19. The van der Waals surface area contributed by atoms with Crippen LogP contribution in [0, 0.1) is 0 Å². The molecule has 0 bridgehead atoms. The average Bonchev–Trinajstić information content (AvgIpc) is 3.18. The summed E-state index contributed by atoms with van der Waals surface area (Å²) in [5.74, 6) is -0.186. The predicted molar refractivity (Wildman–Crippen MR) is 144 cm³/mol. The number of carbonyl (C=O) groups is 2. The van der Waals surface area contributed by atoms with E-state index >= 15 is 0 Å². The van der Waals surface area contributed by atoms with Gasteiger partial charge in [-0.1, -0.05) is 42.5 Å². The molecule has 0 N–H and O–H groups in total. The molecule has 0 spiro atoms. The van der Waals surface area contributed by atoms with Gasteiger partial charge in [0.05, 0.1) is 29.3 Å². The second kappa shape index (κ2) is 9.71. The summed E-state index contributed by atoms with van der Waals surface area (Å²) in [6, 6.07) is 23.6. The maximum Gasteiger partial charge on any atom is 0.271 e. The second-order valence-electron chi connectivity index (χ2n) is 8.61. The molecule has 1 aliphatic rings. The van der Waals surface area contributed by atoms with Gasteiger partial charge in [-0.05, 0) is 61.9 Å². The number of nitrogens with zero attached hydrogens (tertiary/aromatic N) is 2. The van der Waals surface area contributed by atoms with Crippen LogP contribution in [0.4, 0.5) is 11.4 Å². The summed E-state index contributed by atoms with van der Waals surface area (Å²) in [5, 5.41) is 0.986. The lowest BCUT2D eigenvalue weighted by molar-refractivity contribution is -0.116. The Morgan fingerprint density at radius 2 is 1.62 bits per heavy atom. The van der Waals surface area contributed by atoms with Crippen LogP contribution in [0.5, 0.6) is 5.75 Å². The van der Waals surface area contributed by atoms with Crippen molar-refractivity contribution in [1.82, 2.24) is 0 Å². The summed E-state index contributed by atoms with van der Waals surface area (Å²) in [4.78, 5) is 28.1. The van der Waals surface area contributed by atoms with Gasteiger partial charge >= 0.3 is 0 Å². The van der Waals surface area contributed by atoms with E-state index < -0.39 is 15.9 Å². The smallest absolute Gasteiger partial charge is 0.271 e. The third kappa shape index (κ3) is 4.23. The summed E-state index contributed by atoms with van der Waals surface area (Å²) in [6.45, 7) is 4.65. The molecular weight excluding hydrogens is 488 g/mol. The number of anilines is 2. The zero-order valence-electron chi connectivity index (χ0n) is 20.5. The Bertz CT molecular complexity index is 1600. The van der Waals surface area contributed by atoms with E-state index in [0.717, 1.165) is 4.31 Å². The van der Waals surface area contributed by atoms with Gasteiger partial charge in [-0.15, -0.1) is 0 Å². The Labute approximate surface area is 215 Å². The van der Waals surface area contributed by atoms with E-state index in [1.165, 1.54) is 6.07 Å². The van der Waals surface area contributed by atoms with Gasteiger partial charge in [0.25, 0.3) is 15.9 Å². The molecule has 0 saturated heterocycles. The van der Waals surface area contributed by atoms with Crippen molar-refractivity contribution in [3.8, 4) is 5.75 Å². The van der Waals surface area contributed by atoms with E-state index in [4.69, 9.17) is 4.74 Å². The monoisotopic (exact) mass is 514 g/mol. The van der Waals surface area contributed by atoms with Crippen molar-refractivity contribution in [2.75, 3.05) is 22.4 Å². The fourth-order valence-electron chi connectivity index (χ4n) is 4.76. The maximum atomic E-state index is 14.2. The van der Waals surface area contributed by atoms with Crippen LogP contribution in [0.15, 0.2) is 89.8 Å². The summed E-state index contributed by atoms with van der Waals surface area (Å²) in [7, 11) is -4.36. The highest BCUT2D eigenvalue weighted by molar-refractivity contribution is 7.93. The molecule has 0 aromatic heterocycles. The minimum Gasteiger partial charge on any atom is -0.494 e. The largest absolute Gasteiger partial charge is 0.494 e. The van der Waals surface area contributed by atoms with Crippen molar-refractivity contribution in [3.63, 3.8) is 0 Å². The normalized spacial score (nSPS) is 12.7. The summed E-state index contributed by atoms with van der Waals surface area (Å²) < 4.78 is 34.8. The fourth-order valence-corrected chi connectivity index (χ4v) is 6.38. The SMILES string of the molecule is CCOc1ccc(N(C(=O)Cc2ccccc2)S(=O)(=O)c2ccc3c4c(cccc24)C(=O)N3CC)cc1. The van der Waals surface area contributed by atoms with Crippen LogP contribution >= 0.6 is 0 Å². The first-order valence-electron chi connectivity index (χ1n) is 12.1. The molecule has 0 saturated carbocycles. The highest BCUT2D eigenvalue weighted by Crippen LogP contribution is 2.41. The van der Waals surface area contributed by atoms with Gasteiger partial charge in [0, 0.05) is 22.9 Å². The average molecular weight is 515 g/mol. The van der Waals surface area contributed by atoms with Crippen molar-refractivity contribution in [1.29, 1.82) is 0 Å². The van der Waals surface area contributed by atoms with E-state index in [1.807, 2.05) is 19.9 Å². The highest BCUT2D eigenvalue weighted by atomic mass is 32.2. The number of hydrogen-bond acceptors (Lipinski definition) is 5. The number of ether oxygens (including phenoxy) is 1. The summed E-state index contributed by atoms with van der Waals surface area (Å²) in [6.07, 6.45) is -0.101. The molecule has 4 aromatic carbocycles. The van der Waals surface area contributed by atoms with Gasteiger partial charge in [0.2, 0.25) is 5.91 Å². The highest BCUT2D eigenvalue weighted by Gasteiger charge is 2.36. The standard InChI is InChI=1S/C29H26N2O5S/c1-3-30-25-17-18-26(23-11-8-12-24(28(23)25)29(30)33)37(34,35)31(21-13-15-22(16-14-21)36-4-2)27(32)19-20-9-6-5-7-10-20/h5-18H,3-4,19H2,1-2H3. The lowest BCUT2D eigenvalue weighted by Crippen LogP contribution is -2.38. The topological polar surface area (TPSA) is 84.0 Å². The Morgan fingerprint density at radius 1 is 0.892 bits per heavy atom. The molecule has 8 heteroatoms. The van der Waals surface area contributed by atoms with E-state index in [1.54, 1.807) is 77.7 Å². The molecule has 37 heavy (non-hydrogen) atoms. The first-order valence-corrected chi connectivity index (χ1v) is 13.5. The van der Waals surface area contributed by atoms with Crippen molar-refractivity contribution >= 4 is 44.0 Å². The molecule has 188 valence electrons.